The van der Waals surface area contributed by atoms with Gasteiger partial charge in [0.1, 0.15) is 15.0 Å². The lowest BCUT2D eigenvalue weighted by Gasteiger charge is -2.25. The molecule has 7 heteroatoms. The van der Waals surface area contributed by atoms with Crippen LogP contribution in [0.15, 0.2) is 6.07 Å². The average Bonchev–Trinajstić information content (AvgIpc) is 2.25. The maximum atomic E-state index is 11.3. The van der Waals surface area contributed by atoms with Crippen LogP contribution in [0.3, 0.4) is 0 Å². The van der Waals surface area contributed by atoms with Gasteiger partial charge in [-0.2, -0.15) is 0 Å². The van der Waals surface area contributed by atoms with Crippen molar-refractivity contribution in [2.24, 2.45) is 0 Å². The van der Waals surface area contributed by atoms with E-state index in [0.29, 0.717) is 23.1 Å². The van der Waals surface area contributed by atoms with Crippen LogP contribution in [0, 0.1) is 6.92 Å². The van der Waals surface area contributed by atoms with E-state index in [-0.39, 0.29) is 17.5 Å². The minimum absolute atomic E-state index is 0.118. The Hall–Kier alpha value is -0.520. The molecule has 100 valence electrons. The summed E-state index contributed by atoms with van der Waals surface area (Å²) in [6, 6.07) is 1.85. The highest BCUT2D eigenvalue weighted by Crippen LogP contribution is 2.28. The van der Waals surface area contributed by atoms with Crippen molar-refractivity contribution in [3.8, 4) is 0 Å². The third-order valence-corrected chi connectivity index (χ3v) is 5.23. The second-order valence-corrected chi connectivity index (χ2v) is 7.55. The van der Waals surface area contributed by atoms with Crippen LogP contribution in [-0.2, 0) is 9.84 Å². The molecule has 1 fully saturated rings. The molecule has 1 aliphatic rings. The monoisotopic (exact) mass is 308 g/mol. The highest BCUT2D eigenvalue weighted by atomic mass is 35.5. The summed E-state index contributed by atoms with van der Waals surface area (Å²) in [5.41, 5.74) is 1.65. The van der Waals surface area contributed by atoms with E-state index in [1.54, 1.807) is 6.07 Å². The number of sulfone groups is 1. The molecule has 1 aliphatic heterocycles. The van der Waals surface area contributed by atoms with E-state index in [2.05, 4.69) is 10.3 Å². The predicted molar refractivity (Wildman–Crippen MR) is 74.3 cm³/mol. The van der Waals surface area contributed by atoms with Crippen LogP contribution in [0.2, 0.25) is 10.3 Å². The fourth-order valence-corrected chi connectivity index (χ4v) is 4.08. The lowest BCUT2D eigenvalue weighted by atomic mass is 10.1. The smallest absolute Gasteiger partial charge is 0.154 e. The van der Waals surface area contributed by atoms with Gasteiger partial charge in [0.25, 0.3) is 0 Å². The summed E-state index contributed by atoms with van der Waals surface area (Å²) >= 11 is 11.8. The van der Waals surface area contributed by atoms with Crippen LogP contribution in [0.5, 0.6) is 0 Å². The number of hydrogen-bond donors (Lipinski definition) is 1. The first-order chi connectivity index (χ1) is 8.37. The summed E-state index contributed by atoms with van der Waals surface area (Å²) in [7, 11) is -2.84. The zero-order valence-electron chi connectivity index (χ0n) is 9.91. The van der Waals surface area contributed by atoms with Gasteiger partial charge in [0.05, 0.1) is 17.2 Å². The Balaban J connectivity index is 2.11. The van der Waals surface area contributed by atoms with Crippen molar-refractivity contribution in [3.05, 3.63) is 21.9 Å². The number of anilines is 1. The number of pyridine rings is 1. The second kappa shape index (κ2) is 5.23. The lowest BCUT2D eigenvalue weighted by Crippen LogP contribution is -2.32. The fraction of sp³-hybridized carbons (Fsp3) is 0.545. The highest BCUT2D eigenvalue weighted by molar-refractivity contribution is 7.91. The van der Waals surface area contributed by atoms with Crippen LogP contribution in [0.25, 0.3) is 0 Å². The largest absolute Gasteiger partial charge is 0.380 e. The number of nitrogens with zero attached hydrogens (tertiary/aromatic N) is 1. The van der Waals surface area contributed by atoms with Crippen LogP contribution >= 0.6 is 23.2 Å². The van der Waals surface area contributed by atoms with Gasteiger partial charge in [0, 0.05) is 6.04 Å². The van der Waals surface area contributed by atoms with Crippen LogP contribution < -0.4 is 5.32 Å². The topological polar surface area (TPSA) is 59.1 Å². The van der Waals surface area contributed by atoms with E-state index >= 15 is 0 Å². The zero-order chi connectivity index (χ0) is 13.3. The third-order valence-electron chi connectivity index (χ3n) is 3.04. The molecule has 1 aromatic heterocycles. The summed E-state index contributed by atoms with van der Waals surface area (Å²) in [5, 5.41) is 3.95. The summed E-state index contributed by atoms with van der Waals surface area (Å²) < 4.78 is 22.7. The highest BCUT2D eigenvalue weighted by Gasteiger charge is 2.24. The number of halogens is 2. The van der Waals surface area contributed by atoms with E-state index in [1.807, 2.05) is 6.92 Å². The van der Waals surface area contributed by atoms with E-state index in [9.17, 15) is 8.42 Å². The quantitative estimate of drug-likeness (QED) is 0.853. The van der Waals surface area contributed by atoms with Crippen LogP contribution in [-0.4, -0.2) is 30.9 Å². The van der Waals surface area contributed by atoms with E-state index < -0.39 is 9.84 Å². The molecule has 0 saturated carbocycles. The Labute approximate surface area is 117 Å². The fourth-order valence-electron chi connectivity index (χ4n) is 2.01. The average molecular weight is 309 g/mol. The number of aromatic nitrogens is 1. The zero-order valence-corrected chi connectivity index (χ0v) is 12.2. The maximum absolute atomic E-state index is 11.3. The Morgan fingerprint density at radius 2 is 1.94 bits per heavy atom. The van der Waals surface area contributed by atoms with E-state index in [0.717, 1.165) is 11.3 Å². The molecule has 0 atom stereocenters. The Morgan fingerprint density at radius 3 is 2.50 bits per heavy atom. The Kier molecular flexibility index (Phi) is 4.04. The van der Waals surface area contributed by atoms with Crippen molar-refractivity contribution in [2.45, 2.75) is 25.8 Å². The van der Waals surface area contributed by atoms with E-state index in [1.165, 1.54) is 0 Å². The molecule has 1 saturated heterocycles. The van der Waals surface area contributed by atoms with Crippen molar-refractivity contribution in [2.75, 3.05) is 16.8 Å². The molecule has 0 amide bonds. The van der Waals surface area contributed by atoms with Crippen LogP contribution in [0.4, 0.5) is 5.69 Å². The molecule has 0 radical (unpaired) electrons. The molecular weight excluding hydrogens is 295 g/mol. The lowest BCUT2D eigenvalue weighted by molar-refractivity contribution is 0.559. The van der Waals surface area contributed by atoms with Crippen molar-refractivity contribution < 1.29 is 8.42 Å². The van der Waals surface area contributed by atoms with Crippen molar-refractivity contribution in [3.63, 3.8) is 0 Å². The van der Waals surface area contributed by atoms with Gasteiger partial charge in [-0.25, -0.2) is 13.4 Å². The first-order valence-corrected chi connectivity index (χ1v) is 8.25. The van der Waals surface area contributed by atoms with Gasteiger partial charge in [-0.15, -0.1) is 0 Å². The molecule has 0 unspecified atom stereocenters. The standard InChI is InChI=1S/C11H14Cl2N2O2S/c1-7-6-9(12)15-11(13)10(7)14-8-2-4-18(16,17)5-3-8/h6,8,14H,2-5H2,1H3. The number of aryl methyl sites for hydroxylation is 1. The number of hydrogen-bond acceptors (Lipinski definition) is 4. The molecule has 2 rings (SSSR count). The van der Waals surface area contributed by atoms with Crippen molar-refractivity contribution >= 4 is 38.7 Å². The second-order valence-electron chi connectivity index (χ2n) is 4.50. The summed E-state index contributed by atoms with van der Waals surface area (Å²) in [5.74, 6) is 0.449. The molecular formula is C11H14Cl2N2O2S. The summed E-state index contributed by atoms with van der Waals surface area (Å²) in [6.45, 7) is 1.89. The first-order valence-electron chi connectivity index (χ1n) is 5.67. The van der Waals surface area contributed by atoms with Gasteiger partial charge in [0.2, 0.25) is 0 Å². The number of nitrogens with one attached hydrogen (secondary N) is 1. The summed E-state index contributed by atoms with van der Waals surface area (Å²) in [6.07, 6.45) is 1.20. The van der Waals surface area contributed by atoms with E-state index in [4.69, 9.17) is 23.2 Å². The van der Waals surface area contributed by atoms with Gasteiger partial charge in [-0.3, -0.25) is 0 Å². The molecule has 1 N–H and O–H groups in total. The van der Waals surface area contributed by atoms with Gasteiger partial charge >= 0.3 is 0 Å². The number of rotatable bonds is 2. The minimum Gasteiger partial charge on any atom is -0.380 e. The maximum Gasteiger partial charge on any atom is 0.154 e. The van der Waals surface area contributed by atoms with Gasteiger partial charge < -0.3 is 5.32 Å². The predicted octanol–water partition coefficient (Wildman–Crippen LogP) is 2.69. The molecule has 0 aromatic carbocycles. The molecule has 0 aliphatic carbocycles. The third kappa shape index (κ3) is 3.28. The normalized spacial score (nSPS) is 19.7. The van der Waals surface area contributed by atoms with Gasteiger partial charge in [-0.1, -0.05) is 23.2 Å². The molecule has 18 heavy (non-hydrogen) atoms. The van der Waals surface area contributed by atoms with Crippen molar-refractivity contribution in [1.82, 2.24) is 4.98 Å². The molecule has 0 bridgehead atoms. The minimum atomic E-state index is -2.84. The Morgan fingerprint density at radius 1 is 1.33 bits per heavy atom. The molecule has 1 aromatic rings. The van der Waals surface area contributed by atoms with Gasteiger partial charge in [-0.05, 0) is 31.4 Å². The molecule has 0 spiro atoms. The molecule has 4 nitrogen and oxygen atoms in total. The van der Waals surface area contributed by atoms with Crippen molar-refractivity contribution in [1.29, 1.82) is 0 Å². The van der Waals surface area contributed by atoms with Gasteiger partial charge in [0.15, 0.2) is 5.15 Å². The Bertz CT molecular complexity index is 523. The molecule has 2 heterocycles. The SMILES string of the molecule is Cc1cc(Cl)nc(Cl)c1NC1CCS(=O)(=O)CC1. The first kappa shape index (κ1) is 13.9. The summed E-state index contributed by atoms with van der Waals surface area (Å²) in [4.78, 5) is 3.98. The van der Waals surface area contributed by atoms with Crippen LogP contribution in [0.1, 0.15) is 18.4 Å².